The molecule has 0 saturated carbocycles. The number of halogens is 1. The summed E-state index contributed by atoms with van der Waals surface area (Å²) in [5, 5.41) is 9.70. The number of hydrogen-bond donors (Lipinski definition) is 0. The molecule has 0 aliphatic carbocycles. The minimum Gasteiger partial charge on any atom is -0.197 e. The first kappa shape index (κ1) is 12.0. The van der Waals surface area contributed by atoms with Gasteiger partial charge in [0.25, 0.3) is 0 Å². The van der Waals surface area contributed by atoms with E-state index in [1.54, 1.807) is 11.8 Å². The zero-order valence-corrected chi connectivity index (χ0v) is 10.6. The van der Waals surface area contributed by atoms with E-state index in [2.05, 4.69) is 6.07 Å². The average Bonchev–Trinajstić information content (AvgIpc) is 2.38. The molecule has 0 spiro atoms. The Bertz CT molecular complexity index is 516. The molecule has 84 valence electrons. The molecule has 0 N–H and O–H groups in total. The quantitative estimate of drug-likeness (QED) is 0.746. The van der Waals surface area contributed by atoms with Crippen molar-refractivity contribution in [2.24, 2.45) is 0 Å². The Balaban J connectivity index is 2.18. The maximum Gasteiger partial charge on any atom is 0.121 e. The number of nitrogens with zero attached hydrogens (tertiary/aromatic N) is 1. The van der Waals surface area contributed by atoms with Crippen LogP contribution in [0.3, 0.4) is 0 Å². The van der Waals surface area contributed by atoms with Crippen molar-refractivity contribution in [2.75, 3.05) is 0 Å². The second kappa shape index (κ2) is 5.77. The molecule has 0 aliphatic rings. The van der Waals surface area contributed by atoms with Crippen LogP contribution in [0.5, 0.6) is 0 Å². The molecule has 1 atom stereocenters. The zero-order chi connectivity index (χ0) is 12.1. The van der Waals surface area contributed by atoms with E-state index >= 15 is 0 Å². The number of benzene rings is 2. The van der Waals surface area contributed by atoms with Crippen LogP contribution in [0.2, 0.25) is 5.02 Å². The lowest BCUT2D eigenvalue weighted by Crippen LogP contribution is -1.89. The predicted molar refractivity (Wildman–Crippen MR) is 72.1 cm³/mol. The molecule has 0 radical (unpaired) electrons. The Labute approximate surface area is 110 Å². The molecule has 0 bridgehead atoms. The first-order valence-corrected chi connectivity index (χ1v) is 6.42. The molecule has 0 aromatic heterocycles. The van der Waals surface area contributed by atoms with Gasteiger partial charge in [-0.25, -0.2) is 0 Å². The molecule has 1 nitrogen and oxygen atoms in total. The van der Waals surface area contributed by atoms with Crippen molar-refractivity contribution in [2.45, 2.75) is 10.1 Å². The Morgan fingerprint density at radius 3 is 2.24 bits per heavy atom. The maximum atomic E-state index is 9.21. The summed E-state index contributed by atoms with van der Waals surface area (Å²) in [4.78, 5) is 1.09. The second-order valence-corrected chi connectivity index (χ2v) is 5.11. The van der Waals surface area contributed by atoms with Gasteiger partial charge in [0.2, 0.25) is 0 Å². The molecule has 2 aromatic carbocycles. The summed E-state index contributed by atoms with van der Waals surface area (Å²) < 4.78 is 0. The van der Waals surface area contributed by atoms with Gasteiger partial charge in [-0.15, -0.1) is 11.8 Å². The van der Waals surface area contributed by atoms with Crippen LogP contribution in [0.1, 0.15) is 10.8 Å². The maximum absolute atomic E-state index is 9.21. The third-order valence-corrected chi connectivity index (χ3v) is 3.70. The summed E-state index contributed by atoms with van der Waals surface area (Å²) in [6, 6.07) is 19.6. The van der Waals surface area contributed by atoms with Crippen LogP contribution >= 0.6 is 23.4 Å². The molecule has 3 heteroatoms. The van der Waals surface area contributed by atoms with Gasteiger partial charge in [0.15, 0.2) is 0 Å². The smallest absolute Gasteiger partial charge is 0.121 e. The van der Waals surface area contributed by atoms with Crippen molar-refractivity contribution in [1.29, 1.82) is 5.26 Å². The van der Waals surface area contributed by atoms with E-state index < -0.39 is 0 Å². The Morgan fingerprint density at radius 1 is 1.00 bits per heavy atom. The summed E-state index contributed by atoms with van der Waals surface area (Å²) in [6.45, 7) is 0. The molecule has 0 heterocycles. The highest BCUT2D eigenvalue weighted by Crippen LogP contribution is 2.34. The topological polar surface area (TPSA) is 23.8 Å². The Morgan fingerprint density at radius 2 is 1.65 bits per heavy atom. The van der Waals surface area contributed by atoms with E-state index in [1.165, 1.54) is 0 Å². The second-order valence-electron chi connectivity index (χ2n) is 3.49. The third kappa shape index (κ3) is 3.26. The van der Waals surface area contributed by atoms with Crippen LogP contribution in [0.15, 0.2) is 59.5 Å². The van der Waals surface area contributed by atoms with Gasteiger partial charge in [0, 0.05) is 9.92 Å². The monoisotopic (exact) mass is 259 g/mol. The summed E-state index contributed by atoms with van der Waals surface area (Å²) in [6.07, 6.45) is 0. The molecule has 0 fully saturated rings. The van der Waals surface area contributed by atoms with Gasteiger partial charge in [-0.2, -0.15) is 5.26 Å². The first-order valence-electron chi connectivity index (χ1n) is 5.16. The predicted octanol–water partition coefficient (Wildman–Crippen LogP) is 4.70. The van der Waals surface area contributed by atoms with Crippen LogP contribution in [0, 0.1) is 11.3 Å². The van der Waals surface area contributed by atoms with Crippen molar-refractivity contribution in [1.82, 2.24) is 0 Å². The summed E-state index contributed by atoms with van der Waals surface area (Å²) in [5.74, 6) is 0. The Hall–Kier alpha value is -1.43. The number of nitriles is 1. The number of thioether (sulfide) groups is 1. The molecular weight excluding hydrogens is 250 g/mol. The number of rotatable bonds is 3. The van der Waals surface area contributed by atoms with Gasteiger partial charge in [-0.1, -0.05) is 41.9 Å². The SMILES string of the molecule is N#C[C@@H](Sc1ccccc1)c1ccc(Cl)cc1. The molecular formula is C14H10ClNS. The molecule has 0 amide bonds. The molecule has 0 saturated heterocycles. The van der Waals surface area contributed by atoms with Crippen LogP contribution in [0.25, 0.3) is 0 Å². The molecule has 17 heavy (non-hydrogen) atoms. The van der Waals surface area contributed by atoms with Crippen LogP contribution in [0.4, 0.5) is 0 Å². The fourth-order valence-corrected chi connectivity index (χ4v) is 2.50. The van der Waals surface area contributed by atoms with Crippen LogP contribution < -0.4 is 0 Å². The van der Waals surface area contributed by atoms with E-state index in [4.69, 9.17) is 11.6 Å². The van der Waals surface area contributed by atoms with Gasteiger partial charge >= 0.3 is 0 Å². The summed E-state index contributed by atoms with van der Waals surface area (Å²) in [5.41, 5.74) is 0.978. The van der Waals surface area contributed by atoms with Crippen molar-refractivity contribution in [3.63, 3.8) is 0 Å². The van der Waals surface area contributed by atoms with Crippen molar-refractivity contribution in [3.8, 4) is 6.07 Å². The van der Waals surface area contributed by atoms with Crippen LogP contribution in [-0.4, -0.2) is 0 Å². The average molecular weight is 260 g/mol. The molecule has 2 aromatic rings. The van der Waals surface area contributed by atoms with Crippen LogP contribution in [-0.2, 0) is 0 Å². The summed E-state index contributed by atoms with van der Waals surface area (Å²) in [7, 11) is 0. The minimum atomic E-state index is -0.199. The van der Waals surface area contributed by atoms with E-state index in [-0.39, 0.29) is 5.25 Å². The zero-order valence-electron chi connectivity index (χ0n) is 9.01. The van der Waals surface area contributed by atoms with Gasteiger partial charge in [0.1, 0.15) is 5.25 Å². The van der Waals surface area contributed by atoms with E-state index in [0.29, 0.717) is 5.02 Å². The van der Waals surface area contributed by atoms with Gasteiger partial charge in [0.05, 0.1) is 6.07 Å². The highest BCUT2D eigenvalue weighted by Gasteiger charge is 2.11. The molecule has 2 rings (SSSR count). The normalized spacial score (nSPS) is 11.8. The third-order valence-electron chi connectivity index (χ3n) is 2.29. The number of hydrogen-bond acceptors (Lipinski definition) is 2. The largest absolute Gasteiger partial charge is 0.197 e. The standard InChI is InChI=1S/C14H10ClNS/c15-12-8-6-11(7-9-12)14(10-16)17-13-4-2-1-3-5-13/h1-9,14H/t14-/m1/s1. The molecule has 0 unspecified atom stereocenters. The van der Waals surface area contributed by atoms with Crippen molar-refractivity contribution < 1.29 is 0 Å². The highest BCUT2D eigenvalue weighted by molar-refractivity contribution is 7.99. The van der Waals surface area contributed by atoms with E-state index in [1.807, 2.05) is 54.6 Å². The fraction of sp³-hybridized carbons (Fsp3) is 0.0714. The van der Waals surface area contributed by atoms with Crippen molar-refractivity contribution >= 4 is 23.4 Å². The van der Waals surface area contributed by atoms with Gasteiger partial charge in [-0.05, 0) is 29.8 Å². The lowest BCUT2D eigenvalue weighted by Gasteiger charge is -2.09. The Kier molecular flexibility index (Phi) is 4.08. The lowest BCUT2D eigenvalue weighted by atomic mass is 10.2. The van der Waals surface area contributed by atoms with Gasteiger partial charge < -0.3 is 0 Å². The fourth-order valence-electron chi connectivity index (χ4n) is 1.44. The van der Waals surface area contributed by atoms with Crippen molar-refractivity contribution in [3.05, 3.63) is 65.2 Å². The molecule has 0 aliphatic heterocycles. The van der Waals surface area contributed by atoms with E-state index in [0.717, 1.165) is 10.5 Å². The summed E-state index contributed by atoms with van der Waals surface area (Å²) >= 11 is 7.37. The first-order chi connectivity index (χ1) is 8.29. The lowest BCUT2D eigenvalue weighted by molar-refractivity contribution is 1.22. The van der Waals surface area contributed by atoms with E-state index in [9.17, 15) is 5.26 Å². The van der Waals surface area contributed by atoms with Gasteiger partial charge in [-0.3, -0.25) is 0 Å². The minimum absolute atomic E-state index is 0.199. The highest BCUT2D eigenvalue weighted by atomic mass is 35.5.